The number of amides is 1. The summed E-state index contributed by atoms with van der Waals surface area (Å²) in [4.78, 5) is 56.5. The van der Waals surface area contributed by atoms with Crippen molar-refractivity contribution in [2.24, 2.45) is 7.05 Å². The van der Waals surface area contributed by atoms with E-state index in [0.717, 1.165) is 4.57 Å². The first-order valence-corrected chi connectivity index (χ1v) is 13.3. The Morgan fingerprint density at radius 1 is 1.12 bits per heavy atom. The number of carbonyl (C=O) groups excluding carboxylic acids is 3. The van der Waals surface area contributed by atoms with Gasteiger partial charge in [-0.15, -0.1) is 10.2 Å². The summed E-state index contributed by atoms with van der Waals surface area (Å²) < 4.78 is 35.6. The molecule has 1 aromatic carbocycles. The average molecular weight is 588 g/mol. The lowest BCUT2D eigenvalue weighted by atomic mass is 10.0. The zero-order valence-electron chi connectivity index (χ0n) is 24.5. The molecule has 0 fully saturated rings. The van der Waals surface area contributed by atoms with E-state index in [1.807, 2.05) is 0 Å². The van der Waals surface area contributed by atoms with E-state index in [-0.39, 0.29) is 42.6 Å². The molecule has 0 aliphatic rings. The summed E-state index contributed by atoms with van der Waals surface area (Å²) in [6.45, 7) is 9.59. The molecule has 2 heterocycles. The van der Waals surface area contributed by atoms with Gasteiger partial charge in [0, 0.05) is 26.8 Å². The fourth-order valence-corrected chi connectivity index (χ4v) is 3.89. The molecule has 0 bridgehead atoms. The number of Topliss-reactive ketones (excluding diaryl/α,β-unsaturated/α-hetero) is 1. The number of aryl methyl sites for hydroxylation is 2. The maximum Gasteiger partial charge on any atom is 0.511 e. The van der Waals surface area contributed by atoms with E-state index in [0.29, 0.717) is 5.56 Å². The molecule has 3 aromatic rings. The topological polar surface area (TPSA) is 165 Å². The van der Waals surface area contributed by atoms with E-state index in [9.17, 15) is 23.6 Å². The Morgan fingerprint density at radius 3 is 2.36 bits per heavy atom. The van der Waals surface area contributed by atoms with Gasteiger partial charge in [0.2, 0.25) is 17.9 Å². The van der Waals surface area contributed by atoms with E-state index in [2.05, 4.69) is 20.5 Å². The van der Waals surface area contributed by atoms with Crippen molar-refractivity contribution in [3.8, 4) is 5.75 Å². The normalized spacial score (nSPS) is 12.1. The van der Waals surface area contributed by atoms with E-state index >= 15 is 0 Å². The van der Waals surface area contributed by atoms with Crippen LogP contribution in [0.1, 0.15) is 85.9 Å². The van der Waals surface area contributed by atoms with Gasteiger partial charge >= 0.3 is 18.0 Å². The third kappa shape index (κ3) is 7.98. The molecule has 226 valence electrons. The minimum absolute atomic E-state index is 0.0164. The van der Waals surface area contributed by atoms with Crippen LogP contribution >= 0.6 is 0 Å². The van der Waals surface area contributed by atoms with Crippen LogP contribution in [0.3, 0.4) is 0 Å². The monoisotopic (exact) mass is 587 g/mol. The standard InChI is InChI=1S/C28H34FN5O8/c1-8-20(42-27(38)39-15(2)3)41-22-21(19(35)14-11-17-9-12-18(29)13-10-17)30-26(34(7)25(22)37)28(5,6)31-23(36)24-33-32-16(4)40-24/h9-10,12-13,15,20H,8,11,14H2,1-7H3,(H,31,36). The Bertz CT molecular complexity index is 1500. The van der Waals surface area contributed by atoms with Crippen molar-refractivity contribution in [1.82, 2.24) is 25.1 Å². The largest absolute Gasteiger partial charge is 0.511 e. The zero-order valence-corrected chi connectivity index (χ0v) is 24.5. The van der Waals surface area contributed by atoms with Gasteiger partial charge < -0.3 is 23.9 Å². The molecule has 13 nitrogen and oxygen atoms in total. The summed E-state index contributed by atoms with van der Waals surface area (Å²) in [6, 6.07) is 5.64. The Labute approximate surface area is 241 Å². The second-order valence-corrected chi connectivity index (χ2v) is 10.2. The molecule has 0 aliphatic carbocycles. The van der Waals surface area contributed by atoms with Gasteiger partial charge in [-0.25, -0.2) is 14.2 Å². The van der Waals surface area contributed by atoms with Gasteiger partial charge in [0.05, 0.1) is 11.6 Å². The second-order valence-electron chi connectivity index (χ2n) is 10.2. The van der Waals surface area contributed by atoms with Crippen molar-refractivity contribution in [2.75, 3.05) is 0 Å². The molecule has 0 saturated carbocycles. The highest BCUT2D eigenvalue weighted by molar-refractivity contribution is 5.97. The van der Waals surface area contributed by atoms with Crippen LogP contribution in [0.5, 0.6) is 5.75 Å². The van der Waals surface area contributed by atoms with Gasteiger partial charge in [0.25, 0.3) is 5.56 Å². The minimum Gasteiger partial charge on any atom is -0.446 e. The summed E-state index contributed by atoms with van der Waals surface area (Å²) >= 11 is 0. The predicted molar refractivity (Wildman–Crippen MR) is 145 cm³/mol. The minimum atomic E-state index is -1.32. The summed E-state index contributed by atoms with van der Waals surface area (Å²) in [5.41, 5.74) is -1.73. The number of hydrogen-bond acceptors (Lipinski definition) is 11. The SMILES string of the molecule is CCC(OC(=O)OC(C)C)Oc1c(C(=O)CCc2ccc(F)cc2)nc(C(C)(C)NC(=O)c2nnc(C)o2)n(C)c1=O. The van der Waals surface area contributed by atoms with Crippen molar-refractivity contribution in [2.45, 2.75) is 78.7 Å². The Kier molecular flexibility index (Phi) is 10.1. The molecule has 0 saturated heterocycles. The highest BCUT2D eigenvalue weighted by atomic mass is 19.1. The van der Waals surface area contributed by atoms with Crippen LogP contribution < -0.4 is 15.6 Å². The first-order valence-electron chi connectivity index (χ1n) is 13.3. The molecule has 42 heavy (non-hydrogen) atoms. The summed E-state index contributed by atoms with van der Waals surface area (Å²) in [5, 5.41) is 10.0. The lowest BCUT2D eigenvalue weighted by Crippen LogP contribution is -2.46. The Morgan fingerprint density at radius 2 is 1.79 bits per heavy atom. The highest BCUT2D eigenvalue weighted by Gasteiger charge is 2.34. The number of rotatable bonds is 12. The molecule has 1 amide bonds. The Balaban J connectivity index is 2.01. The van der Waals surface area contributed by atoms with E-state index in [4.69, 9.17) is 18.6 Å². The molecule has 14 heteroatoms. The highest BCUT2D eigenvalue weighted by Crippen LogP contribution is 2.24. The van der Waals surface area contributed by atoms with Gasteiger partial charge in [0.1, 0.15) is 11.6 Å². The van der Waals surface area contributed by atoms with Crippen molar-refractivity contribution < 1.29 is 37.4 Å². The number of aromatic nitrogens is 4. The van der Waals surface area contributed by atoms with Crippen LogP contribution in [0.4, 0.5) is 9.18 Å². The van der Waals surface area contributed by atoms with E-state index < -0.39 is 52.9 Å². The van der Waals surface area contributed by atoms with Crippen molar-refractivity contribution >= 4 is 17.8 Å². The van der Waals surface area contributed by atoms with Crippen LogP contribution in [0, 0.1) is 12.7 Å². The third-order valence-electron chi connectivity index (χ3n) is 5.92. The second kappa shape index (κ2) is 13.4. The number of ketones is 1. The van der Waals surface area contributed by atoms with Crippen molar-refractivity contribution in [3.63, 3.8) is 0 Å². The number of nitrogens with zero attached hydrogens (tertiary/aromatic N) is 4. The number of ether oxygens (including phenoxy) is 3. The van der Waals surface area contributed by atoms with Gasteiger partial charge in [-0.3, -0.25) is 19.0 Å². The van der Waals surface area contributed by atoms with Gasteiger partial charge in [-0.05, 0) is 51.8 Å². The van der Waals surface area contributed by atoms with Crippen LogP contribution in [0.2, 0.25) is 0 Å². The molecule has 1 atom stereocenters. The quantitative estimate of drug-likeness (QED) is 0.186. The number of hydrogen-bond donors (Lipinski definition) is 1. The van der Waals surface area contributed by atoms with Crippen LogP contribution in [0.25, 0.3) is 0 Å². The zero-order chi connectivity index (χ0) is 31.2. The summed E-state index contributed by atoms with van der Waals surface area (Å²) in [5.74, 6) is -2.24. The Hall–Kier alpha value is -4.62. The van der Waals surface area contributed by atoms with Crippen molar-refractivity contribution in [1.29, 1.82) is 0 Å². The van der Waals surface area contributed by atoms with Gasteiger partial charge in [-0.1, -0.05) is 19.1 Å². The fourth-order valence-electron chi connectivity index (χ4n) is 3.89. The summed E-state index contributed by atoms with van der Waals surface area (Å²) in [6.07, 6.45) is -2.51. The lowest BCUT2D eigenvalue weighted by Gasteiger charge is -2.28. The number of carbonyl (C=O) groups is 3. The van der Waals surface area contributed by atoms with Gasteiger partial charge in [0.15, 0.2) is 11.5 Å². The smallest absolute Gasteiger partial charge is 0.446 e. The average Bonchev–Trinajstić information content (AvgIpc) is 3.36. The predicted octanol–water partition coefficient (Wildman–Crippen LogP) is 3.77. The first kappa shape index (κ1) is 31.9. The molecule has 0 radical (unpaired) electrons. The summed E-state index contributed by atoms with van der Waals surface area (Å²) in [7, 11) is 1.39. The number of nitrogens with one attached hydrogen (secondary N) is 1. The van der Waals surface area contributed by atoms with E-state index in [1.165, 1.54) is 26.1 Å². The molecule has 1 N–H and O–H groups in total. The lowest BCUT2D eigenvalue weighted by molar-refractivity contribution is -0.0732. The molecule has 2 aromatic heterocycles. The maximum atomic E-state index is 13.6. The molecule has 0 spiro atoms. The van der Waals surface area contributed by atoms with Crippen LogP contribution in [-0.2, 0) is 28.5 Å². The van der Waals surface area contributed by atoms with Crippen molar-refractivity contribution in [3.05, 3.63) is 69.3 Å². The van der Waals surface area contributed by atoms with Crippen LogP contribution in [0.15, 0.2) is 33.5 Å². The molecule has 3 rings (SSSR count). The number of benzene rings is 1. The van der Waals surface area contributed by atoms with E-state index in [1.54, 1.807) is 46.8 Å². The van der Waals surface area contributed by atoms with Gasteiger partial charge in [-0.2, -0.15) is 0 Å². The molecular formula is C28H34FN5O8. The van der Waals surface area contributed by atoms with Crippen LogP contribution in [-0.4, -0.2) is 50.0 Å². The molecule has 1 unspecified atom stereocenters. The third-order valence-corrected chi connectivity index (χ3v) is 5.92. The first-order chi connectivity index (χ1) is 19.7. The molecular weight excluding hydrogens is 553 g/mol. The molecule has 0 aliphatic heterocycles. The maximum absolute atomic E-state index is 13.6. The fraction of sp³-hybridized carbons (Fsp3) is 0.464. The number of halogens is 1.